The molecule has 3 fully saturated rings. The van der Waals surface area contributed by atoms with Gasteiger partial charge in [-0.05, 0) is 147 Å². The van der Waals surface area contributed by atoms with Gasteiger partial charge in [0.05, 0.1) is 10.8 Å². The molecule has 8 heteroatoms. The third-order valence-electron chi connectivity index (χ3n) is 12.1. The second-order valence-corrected chi connectivity index (χ2v) is 16.1. The van der Waals surface area contributed by atoms with Gasteiger partial charge in [0.2, 0.25) is 11.8 Å². The van der Waals surface area contributed by atoms with Crippen LogP contribution in [0.1, 0.15) is 115 Å². The first kappa shape index (κ1) is 34.8. The molecule has 4 amide bonds. The van der Waals surface area contributed by atoms with Gasteiger partial charge in [-0.15, -0.1) is 0 Å². The summed E-state index contributed by atoms with van der Waals surface area (Å²) in [7, 11) is 0. The molecule has 0 aromatic heterocycles. The van der Waals surface area contributed by atoms with E-state index in [9.17, 15) is 19.2 Å². The van der Waals surface area contributed by atoms with Crippen LogP contribution in [-0.4, -0.2) is 35.7 Å². The number of nitrogens with one attached hydrogen (secondary N) is 4. The second kappa shape index (κ2) is 13.3. The number of anilines is 2. The zero-order valence-corrected chi connectivity index (χ0v) is 31.1. The number of hydrogen-bond donors (Lipinski definition) is 4. The minimum atomic E-state index is -0.318. The third kappa shape index (κ3) is 6.22. The molecule has 0 unspecified atom stereocenters. The zero-order chi connectivity index (χ0) is 37.1. The molecule has 4 N–H and O–H groups in total. The third-order valence-corrected chi connectivity index (χ3v) is 12.1. The molecule has 0 radical (unpaired) electrons. The molecule has 0 atom stereocenters. The first-order chi connectivity index (χ1) is 25.5. The van der Waals surface area contributed by atoms with E-state index in [0.29, 0.717) is 17.2 Å². The summed E-state index contributed by atoms with van der Waals surface area (Å²) in [5.74, 6) is 0.223. The van der Waals surface area contributed by atoms with Gasteiger partial charge < -0.3 is 21.3 Å². The average molecular weight is 709 g/mol. The van der Waals surface area contributed by atoms with Crippen LogP contribution in [0.2, 0.25) is 0 Å². The lowest BCUT2D eigenvalue weighted by Gasteiger charge is -2.36. The van der Waals surface area contributed by atoms with E-state index in [1.165, 1.54) is 0 Å². The molecular formula is C45H48N4O4. The van der Waals surface area contributed by atoms with Crippen molar-refractivity contribution >= 4 is 35.0 Å². The Bertz CT molecular complexity index is 2170. The SMILES string of the molecule is Cc1ccc(C(=O)NC(C)C)cc1-c1ccc2c(c1)NC(=O)C21CCCC1.Cc1ccc(C(=O)NC2CC2)cc1-c1ccc2c(c1)NC(=O)C21CCC1. The Kier molecular flexibility index (Phi) is 8.75. The summed E-state index contributed by atoms with van der Waals surface area (Å²) in [6.45, 7) is 8.00. The predicted octanol–water partition coefficient (Wildman–Crippen LogP) is 8.49. The smallest absolute Gasteiger partial charge is 0.251 e. The summed E-state index contributed by atoms with van der Waals surface area (Å²) in [4.78, 5) is 49.9. The lowest BCUT2D eigenvalue weighted by molar-refractivity contribution is -0.123. The molecule has 0 saturated heterocycles. The molecule has 0 bridgehead atoms. The minimum Gasteiger partial charge on any atom is -0.350 e. The highest BCUT2D eigenvalue weighted by Crippen LogP contribution is 2.52. The first-order valence-corrected chi connectivity index (χ1v) is 19.2. The normalized spacial score (nSPS) is 18.4. The zero-order valence-electron chi connectivity index (χ0n) is 31.1. The van der Waals surface area contributed by atoms with Gasteiger partial charge in [-0.1, -0.05) is 55.7 Å². The van der Waals surface area contributed by atoms with E-state index < -0.39 is 0 Å². The molecular weight excluding hydrogens is 661 g/mol. The van der Waals surface area contributed by atoms with E-state index in [1.54, 1.807) is 0 Å². The van der Waals surface area contributed by atoms with Crippen LogP contribution < -0.4 is 21.3 Å². The fourth-order valence-electron chi connectivity index (χ4n) is 8.69. The Morgan fingerprint density at radius 1 is 0.642 bits per heavy atom. The van der Waals surface area contributed by atoms with Crippen LogP contribution in [0.3, 0.4) is 0 Å². The number of hydrogen-bond acceptors (Lipinski definition) is 4. The van der Waals surface area contributed by atoms with E-state index in [4.69, 9.17) is 0 Å². The molecule has 2 spiro atoms. The average Bonchev–Trinajstić information content (AvgIpc) is 3.57. The van der Waals surface area contributed by atoms with Gasteiger partial charge in [0.25, 0.3) is 11.8 Å². The molecule has 8 nitrogen and oxygen atoms in total. The monoisotopic (exact) mass is 708 g/mol. The molecule has 2 heterocycles. The van der Waals surface area contributed by atoms with Gasteiger partial charge in [-0.25, -0.2) is 0 Å². The molecule has 5 aliphatic rings. The van der Waals surface area contributed by atoms with Crippen molar-refractivity contribution in [1.29, 1.82) is 0 Å². The molecule has 3 aliphatic carbocycles. The maximum absolute atomic E-state index is 12.7. The Balaban J connectivity index is 0.000000151. The number of benzene rings is 4. The first-order valence-electron chi connectivity index (χ1n) is 19.2. The van der Waals surface area contributed by atoms with Gasteiger partial charge in [-0.2, -0.15) is 0 Å². The Labute approximate surface area is 311 Å². The predicted molar refractivity (Wildman–Crippen MR) is 209 cm³/mol. The molecule has 2 aliphatic heterocycles. The minimum absolute atomic E-state index is 0.00312. The molecule has 53 heavy (non-hydrogen) atoms. The summed E-state index contributed by atoms with van der Waals surface area (Å²) in [5.41, 5.74) is 11.2. The number of carbonyl (C=O) groups is 4. The Morgan fingerprint density at radius 3 is 1.55 bits per heavy atom. The maximum atomic E-state index is 12.7. The van der Waals surface area contributed by atoms with Crippen LogP contribution in [0.4, 0.5) is 11.4 Å². The van der Waals surface area contributed by atoms with Crippen molar-refractivity contribution in [2.75, 3.05) is 10.6 Å². The summed E-state index contributed by atoms with van der Waals surface area (Å²) < 4.78 is 0. The fourth-order valence-corrected chi connectivity index (χ4v) is 8.69. The van der Waals surface area contributed by atoms with E-state index in [0.717, 1.165) is 114 Å². The molecule has 3 saturated carbocycles. The van der Waals surface area contributed by atoms with E-state index >= 15 is 0 Å². The highest BCUT2D eigenvalue weighted by Gasteiger charge is 2.51. The van der Waals surface area contributed by atoms with Crippen LogP contribution >= 0.6 is 0 Å². The number of amides is 4. The van der Waals surface area contributed by atoms with Crippen molar-refractivity contribution in [2.24, 2.45) is 0 Å². The number of aryl methyl sites for hydroxylation is 2. The van der Waals surface area contributed by atoms with Crippen molar-refractivity contribution in [2.45, 2.75) is 108 Å². The molecule has 4 aromatic carbocycles. The van der Waals surface area contributed by atoms with Gasteiger partial charge >= 0.3 is 0 Å². The lowest BCUT2D eigenvalue weighted by atomic mass is 9.65. The van der Waals surface area contributed by atoms with Gasteiger partial charge in [0.1, 0.15) is 0 Å². The summed E-state index contributed by atoms with van der Waals surface area (Å²) in [6, 6.07) is 24.6. The van der Waals surface area contributed by atoms with E-state index in [2.05, 4.69) is 64.6 Å². The Hall–Kier alpha value is -5.24. The summed E-state index contributed by atoms with van der Waals surface area (Å²) in [5, 5.41) is 12.2. The summed E-state index contributed by atoms with van der Waals surface area (Å²) in [6.07, 6.45) is 9.27. The molecule has 272 valence electrons. The summed E-state index contributed by atoms with van der Waals surface area (Å²) >= 11 is 0. The van der Waals surface area contributed by atoms with Crippen LogP contribution in [0.5, 0.6) is 0 Å². The van der Waals surface area contributed by atoms with Gasteiger partial charge in [0.15, 0.2) is 0 Å². The van der Waals surface area contributed by atoms with Crippen LogP contribution in [0, 0.1) is 13.8 Å². The highest BCUT2D eigenvalue weighted by atomic mass is 16.2. The lowest BCUT2D eigenvalue weighted by Crippen LogP contribution is -2.40. The van der Waals surface area contributed by atoms with Crippen molar-refractivity contribution in [3.8, 4) is 22.3 Å². The van der Waals surface area contributed by atoms with Gasteiger partial charge in [-0.3, -0.25) is 19.2 Å². The van der Waals surface area contributed by atoms with E-state index in [1.807, 2.05) is 57.2 Å². The van der Waals surface area contributed by atoms with Crippen LogP contribution in [0.15, 0.2) is 72.8 Å². The Morgan fingerprint density at radius 2 is 1.11 bits per heavy atom. The maximum Gasteiger partial charge on any atom is 0.251 e. The molecule has 4 aromatic rings. The van der Waals surface area contributed by atoms with Crippen molar-refractivity contribution in [3.63, 3.8) is 0 Å². The highest BCUT2D eigenvalue weighted by molar-refractivity contribution is 6.08. The quantitative estimate of drug-likeness (QED) is 0.161. The van der Waals surface area contributed by atoms with Crippen LogP contribution in [0.25, 0.3) is 22.3 Å². The number of fused-ring (bicyclic) bond motifs is 4. The largest absolute Gasteiger partial charge is 0.350 e. The van der Waals surface area contributed by atoms with Crippen molar-refractivity contribution < 1.29 is 19.2 Å². The van der Waals surface area contributed by atoms with Gasteiger partial charge in [0, 0.05) is 34.6 Å². The van der Waals surface area contributed by atoms with Crippen molar-refractivity contribution in [3.05, 3.63) is 106 Å². The van der Waals surface area contributed by atoms with Crippen LogP contribution in [-0.2, 0) is 20.4 Å². The number of rotatable bonds is 6. The van der Waals surface area contributed by atoms with E-state index in [-0.39, 0.29) is 40.5 Å². The van der Waals surface area contributed by atoms with Crippen molar-refractivity contribution in [1.82, 2.24) is 10.6 Å². The standard InChI is InChI=1S/C23H26N2O2.C22H22N2O2/c1-14(2)24-21(26)17-7-6-15(3)18(12-17)16-8-9-19-20(13-16)25-22(27)23(19)10-4-5-11-23;1-13-3-4-15(20(25)23-16-6-7-16)11-17(13)14-5-8-18-19(12-14)24-21(26)22(18)9-2-10-22/h6-9,12-14H,4-5,10-11H2,1-3H3,(H,24,26)(H,25,27);3-5,8,11-12,16H,2,6-7,9-10H2,1H3,(H,23,25)(H,24,26). The number of carbonyl (C=O) groups excluding carboxylic acids is 4. The second-order valence-electron chi connectivity index (χ2n) is 16.1. The molecule has 9 rings (SSSR count). The fraction of sp³-hybridized carbons (Fsp3) is 0.378. The topological polar surface area (TPSA) is 116 Å².